The second-order valence-electron chi connectivity index (χ2n) is 6.98. The molecule has 152 valence electrons. The first-order valence-corrected chi connectivity index (χ1v) is 10.5. The highest BCUT2D eigenvalue weighted by Gasteiger charge is 2.30. The van der Waals surface area contributed by atoms with Crippen molar-refractivity contribution < 1.29 is 19.1 Å². The molecule has 8 heteroatoms. The Morgan fingerprint density at radius 2 is 2.03 bits per heavy atom. The van der Waals surface area contributed by atoms with Gasteiger partial charge in [0.15, 0.2) is 4.96 Å². The molecule has 29 heavy (non-hydrogen) atoms. The maximum atomic E-state index is 12.9. The van der Waals surface area contributed by atoms with Gasteiger partial charge >= 0.3 is 5.97 Å². The van der Waals surface area contributed by atoms with E-state index in [1.807, 2.05) is 34.9 Å². The van der Waals surface area contributed by atoms with E-state index >= 15 is 0 Å². The fraction of sp³-hybridized carbons (Fsp3) is 0.381. The van der Waals surface area contributed by atoms with Gasteiger partial charge in [0.1, 0.15) is 11.4 Å². The normalized spacial score (nSPS) is 16.8. The lowest BCUT2D eigenvalue weighted by atomic mass is 9.98. The molecule has 0 saturated carbocycles. The van der Waals surface area contributed by atoms with E-state index in [-0.39, 0.29) is 17.8 Å². The van der Waals surface area contributed by atoms with Gasteiger partial charge in [0.25, 0.3) is 5.91 Å². The van der Waals surface area contributed by atoms with E-state index in [0.717, 1.165) is 34.0 Å². The predicted octanol–water partition coefficient (Wildman–Crippen LogP) is 3.49. The number of methoxy groups -OCH3 is 1. The van der Waals surface area contributed by atoms with Crippen molar-refractivity contribution in [3.8, 4) is 16.2 Å². The second-order valence-corrected chi connectivity index (χ2v) is 7.99. The number of ether oxygens (including phenoxy) is 2. The first kappa shape index (κ1) is 19.4. The minimum Gasteiger partial charge on any atom is -0.497 e. The molecule has 2 aromatic heterocycles. The van der Waals surface area contributed by atoms with Gasteiger partial charge in [0, 0.05) is 25.5 Å². The molecule has 0 spiro atoms. The summed E-state index contributed by atoms with van der Waals surface area (Å²) in [6, 6.07) is 7.84. The van der Waals surface area contributed by atoms with Crippen molar-refractivity contribution in [1.82, 2.24) is 14.3 Å². The Kier molecular flexibility index (Phi) is 5.53. The predicted molar refractivity (Wildman–Crippen MR) is 110 cm³/mol. The number of hydrogen-bond acceptors (Lipinski definition) is 6. The standard InChI is InChI=1S/C21H23N3O4S/c1-3-28-20(26)15-5-4-10-23(11-15)19(25)17-12-24-13-18(29-21(24)22-17)14-6-8-16(27-2)9-7-14/h6-9,12-13,15H,3-5,10-11H2,1-2H3. The van der Waals surface area contributed by atoms with Crippen molar-refractivity contribution in [1.29, 1.82) is 0 Å². The lowest BCUT2D eigenvalue weighted by Crippen LogP contribution is -2.43. The van der Waals surface area contributed by atoms with E-state index in [9.17, 15) is 9.59 Å². The molecule has 3 aromatic rings. The molecular formula is C21H23N3O4S. The van der Waals surface area contributed by atoms with Gasteiger partial charge in [-0.25, -0.2) is 4.98 Å². The smallest absolute Gasteiger partial charge is 0.310 e. The number of amides is 1. The molecule has 3 heterocycles. The van der Waals surface area contributed by atoms with Crippen LogP contribution in [0.5, 0.6) is 5.75 Å². The highest BCUT2D eigenvalue weighted by Crippen LogP contribution is 2.30. The molecule has 7 nitrogen and oxygen atoms in total. The van der Waals surface area contributed by atoms with E-state index in [4.69, 9.17) is 9.47 Å². The van der Waals surface area contributed by atoms with Crippen LogP contribution in [0.2, 0.25) is 0 Å². The van der Waals surface area contributed by atoms with Crippen molar-refractivity contribution in [2.75, 3.05) is 26.8 Å². The van der Waals surface area contributed by atoms with Gasteiger partial charge in [-0.05, 0) is 49.6 Å². The zero-order valence-corrected chi connectivity index (χ0v) is 17.3. The Morgan fingerprint density at radius 1 is 1.24 bits per heavy atom. The monoisotopic (exact) mass is 413 g/mol. The fourth-order valence-corrected chi connectivity index (χ4v) is 4.54. The van der Waals surface area contributed by atoms with Gasteiger partial charge in [-0.2, -0.15) is 0 Å². The first-order chi connectivity index (χ1) is 14.1. The molecular weight excluding hydrogens is 390 g/mol. The van der Waals surface area contributed by atoms with Crippen LogP contribution in [0.1, 0.15) is 30.3 Å². The van der Waals surface area contributed by atoms with Gasteiger partial charge in [-0.1, -0.05) is 11.3 Å². The molecule has 0 aliphatic carbocycles. The van der Waals surface area contributed by atoms with Crippen LogP contribution in [0.4, 0.5) is 0 Å². The highest BCUT2D eigenvalue weighted by molar-refractivity contribution is 7.20. The van der Waals surface area contributed by atoms with Crippen LogP contribution in [0.3, 0.4) is 0 Å². The third kappa shape index (κ3) is 3.98. The van der Waals surface area contributed by atoms with E-state index in [0.29, 0.717) is 25.4 Å². The van der Waals surface area contributed by atoms with E-state index in [1.54, 1.807) is 25.1 Å². The van der Waals surface area contributed by atoms with Crippen molar-refractivity contribution in [3.05, 3.63) is 42.4 Å². The molecule has 0 bridgehead atoms. The molecule has 0 N–H and O–H groups in total. The molecule has 0 radical (unpaired) electrons. The lowest BCUT2D eigenvalue weighted by molar-refractivity contribution is -0.149. The second kappa shape index (κ2) is 8.24. The van der Waals surface area contributed by atoms with Crippen LogP contribution in [0.25, 0.3) is 15.4 Å². The number of carbonyl (C=O) groups is 2. The topological polar surface area (TPSA) is 73.1 Å². The van der Waals surface area contributed by atoms with Crippen LogP contribution in [-0.2, 0) is 9.53 Å². The van der Waals surface area contributed by atoms with Crippen molar-refractivity contribution in [2.45, 2.75) is 19.8 Å². The van der Waals surface area contributed by atoms with E-state index < -0.39 is 0 Å². The number of imidazole rings is 1. The Morgan fingerprint density at radius 3 is 2.72 bits per heavy atom. The minimum absolute atomic E-state index is 0.138. The van der Waals surface area contributed by atoms with Gasteiger partial charge in [0.05, 0.1) is 24.5 Å². The molecule has 4 rings (SSSR count). The third-order valence-corrected chi connectivity index (χ3v) is 6.12. The van der Waals surface area contributed by atoms with Gasteiger partial charge < -0.3 is 14.4 Å². The summed E-state index contributed by atoms with van der Waals surface area (Å²) in [7, 11) is 1.64. The number of likely N-dealkylation sites (tertiary alicyclic amines) is 1. The van der Waals surface area contributed by atoms with E-state index in [2.05, 4.69) is 4.98 Å². The number of carbonyl (C=O) groups excluding carboxylic acids is 2. The van der Waals surface area contributed by atoms with Crippen LogP contribution in [0, 0.1) is 5.92 Å². The maximum absolute atomic E-state index is 12.9. The number of piperidine rings is 1. The number of nitrogens with zero attached hydrogens (tertiary/aromatic N) is 3. The zero-order chi connectivity index (χ0) is 20.4. The third-order valence-electron chi connectivity index (χ3n) is 5.08. The number of rotatable bonds is 5. The van der Waals surface area contributed by atoms with Gasteiger partial charge in [0.2, 0.25) is 0 Å². The summed E-state index contributed by atoms with van der Waals surface area (Å²) in [6.07, 6.45) is 5.28. The lowest BCUT2D eigenvalue weighted by Gasteiger charge is -2.31. The summed E-state index contributed by atoms with van der Waals surface area (Å²) in [4.78, 5) is 33.0. The summed E-state index contributed by atoms with van der Waals surface area (Å²) in [5.74, 6) is 0.199. The molecule has 1 atom stereocenters. The summed E-state index contributed by atoms with van der Waals surface area (Å²) < 4.78 is 12.2. The van der Waals surface area contributed by atoms with E-state index in [1.165, 1.54) is 11.3 Å². The summed E-state index contributed by atoms with van der Waals surface area (Å²) in [5, 5.41) is 0. The quantitative estimate of drug-likeness (QED) is 0.599. The highest BCUT2D eigenvalue weighted by atomic mass is 32.1. The number of aromatic nitrogens is 2. The average Bonchev–Trinajstić information content (AvgIpc) is 3.33. The molecule has 1 saturated heterocycles. The van der Waals surface area contributed by atoms with Crippen LogP contribution >= 0.6 is 11.3 Å². The molecule has 1 aliphatic heterocycles. The molecule has 1 aliphatic rings. The number of benzene rings is 1. The minimum atomic E-state index is -0.252. The summed E-state index contributed by atoms with van der Waals surface area (Å²) in [5.41, 5.74) is 1.48. The fourth-order valence-electron chi connectivity index (χ4n) is 3.56. The van der Waals surface area contributed by atoms with Crippen molar-refractivity contribution in [3.63, 3.8) is 0 Å². The number of hydrogen-bond donors (Lipinski definition) is 0. The molecule has 1 aromatic carbocycles. The SMILES string of the molecule is CCOC(=O)C1CCCN(C(=O)c2cn3cc(-c4ccc(OC)cc4)sc3n2)C1. The molecule has 1 unspecified atom stereocenters. The largest absolute Gasteiger partial charge is 0.497 e. The van der Waals surface area contributed by atoms with Crippen LogP contribution < -0.4 is 4.74 Å². The maximum Gasteiger partial charge on any atom is 0.310 e. The number of thiazole rings is 1. The Labute approximate surface area is 172 Å². The molecule has 1 fully saturated rings. The average molecular weight is 413 g/mol. The Hall–Kier alpha value is -2.87. The Balaban J connectivity index is 1.50. The Bertz CT molecular complexity index is 993. The zero-order valence-electron chi connectivity index (χ0n) is 16.5. The first-order valence-electron chi connectivity index (χ1n) is 9.68. The summed E-state index contributed by atoms with van der Waals surface area (Å²) >= 11 is 1.53. The summed E-state index contributed by atoms with van der Waals surface area (Å²) in [6.45, 7) is 3.18. The van der Waals surface area contributed by atoms with Crippen molar-refractivity contribution in [2.24, 2.45) is 5.92 Å². The van der Waals surface area contributed by atoms with Crippen molar-refractivity contribution >= 4 is 28.2 Å². The molecule has 1 amide bonds. The number of fused-ring (bicyclic) bond motifs is 1. The number of esters is 1. The van der Waals surface area contributed by atoms with Crippen LogP contribution in [0.15, 0.2) is 36.7 Å². The van der Waals surface area contributed by atoms with Gasteiger partial charge in [-0.3, -0.25) is 14.0 Å². The van der Waals surface area contributed by atoms with Crippen LogP contribution in [-0.4, -0.2) is 53.0 Å². The van der Waals surface area contributed by atoms with Gasteiger partial charge in [-0.15, -0.1) is 0 Å².